The number of carbonyl (C=O) groups excluding carboxylic acids is 1. The first-order chi connectivity index (χ1) is 11.1. The number of morpholine rings is 1. The van der Waals surface area contributed by atoms with Crippen molar-refractivity contribution in [2.24, 2.45) is 0 Å². The molecule has 1 aliphatic rings. The zero-order valence-electron chi connectivity index (χ0n) is 13.7. The summed E-state index contributed by atoms with van der Waals surface area (Å²) in [5.74, 6) is -0.437. The van der Waals surface area contributed by atoms with Crippen LogP contribution in [0.3, 0.4) is 0 Å². The van der Waals surface area contributed by atoms with Gasteiger partial charge in [0.25, 0.3) is 0 Å². The first-order valence-electron chi connectivity index (χ1n) is 7.93. The Hall–Kier alpha value is -2.21. The normalized spacial score (nSPS) is 21.4. The number of aromatic nitrogens is 2. The number of esters is 1. The van der Waals surface area contributed by atoms with Crippen LogP contribution in [-0.4, -0.2) is 48.1 Å². The molecule has 122 valence electrons. The summed E-state index contributed by atoms with van der Waals surface area (Å²) in [6.07, 6.45) is 0.168. The van der Waals surface area contributed by atoms with Gasteiger partial charge in [-0.15, -0.1) is 10.2 Å². The van der Waals surface area contributed by atoms with E-state index in [1.165, 1.54) is 0 Å². The number of rotatable bonds is 3. The van der Waals surface area contributed by atoms with Crippen LogP contribution in [0.15, 0.2) is 24.3 Å². The van der Waals surface area contributed by atoms with E-state index >= 15 is 0 Å². The maximum atomic E-state index is 12.3. The van der Waals surface area contributed by atoms with E-state index in [1.807, 2.05) is 38.1 Å². The van der Waals surface area contributed by atoms with Gasteiger partial charge in [-0.05, 0) is 26.8 Å². The van der Waals surface area contributed by atoms with Crippen molar-refractivity contribution in [2.75, 3.05) is 24.6 Å². The van der Waals surface area contributed by atoms with E-state index in [0.717, 1.165) is 16.6 Å². The van der Waals surface area contributed by atoms with E-state index < -0.39 is 5.97 Å². The first-order valence-corrected chi connectivity index (χ1v) is 7.93. The lowest BCUT2D eigenvalue weighted by atomic mass is 10.1. The number of hydrogen-bond donors (Lipinski definition) is 0. The van der Waals surface area contributed by atoms with Crippen LogP contribution in [0, 0.1) is 0 Å². The monoisotopic (exact) mass is 315 g/mol. The van der Waals surface area contributed by atoms with Gasteiger partial charge in [0.15, 0.2) is 5.69 Å². The second-order valence-electron chi connectivity index (χ2n) is 5.80. The summed E-state index contributed by atoms with van der Waals surface area (Å²) in [4.78, 5) is 14.5. The highest BCUT2D eigenvalue weighted by molar-refractivity contribution is 6.03. The molecule has 23 heavy (non-hydrogen) atoms. The molecule has 0 bridgehead atoms. The van der Waals surface area contributed by atoms with Gasteiger partial charge in [0.05, 0.1) is 30.0 Å². The standard InChI is InChI=1S/C17H21N3O3/c1-4-22-17(21)15-16(20-9-11(2)23-12(3)10-20)13-7-5-6-8-14(13)18-19-15/h5-8,11-12H,4,9-10H2,1-3H3/t11-,12-/m0/s1. The van der Waals surface area contributed by atoms with Gasteiger partial charge in [-0.3, -0.25) is 0 Å². The number of hydrogen-bond acceptors (Lipinski definition) is 6. The third-order valence-electron chi connectivity index (χ3n) is 3.85. The minimum Gasteiger partial charge on any atom is -0.461 e. The average molecular weight is 315 g/mol. The van der Waals surface area contributed by atoms with E-state index in [1.54, 1.807) is 6.92 Å². The summed E-state index contributed by atoms with van der Waals surface area (Å²) in [5, 5.41) is 9.22. The lowest BCUT2D eigenvalue weighted by molar-refractivity contribution is -0.00530. The summed E-state index contributed by atoms with van der Waals surface area (Å²) in [6.45, 7) is 7.56. The minimum atomic E-state index is -0.437. The summed E-state index contributed by atoms with van der Waals surface area (Å²) < 4.78 is 11.0. The highest BCUT2D eigenvalue weighted by Gasteiger charge is 2.29. The largest absolute Gasteiger partial charge is 0.461 e. The molecule has 3 rings (SSSR count). The zero-order valence-corrected chi connectivity index (χ0v) is 13.7. The van der Waals surface area contributed by atoms with E-state index in [9.17, 15) is 4.79 Å². The van der Waals surface area contributed by atoms with Crippen LogP contribution < -0.4 is 4.90 Å². The topological polar surface area (TPSA) is 64.5 Å². The van der Waals surface area contributed by atoms with Gasteiger partial charge in [-0.2, -0.15) is 0 Å². The Kier molecular flexibility index (Phi) is 4.43. The number of carbonyl (C=O) groups is 1. The molecule has 0 amide bonds. The van der Waals surface area contributed by atoms with Crippen LogP contribution in [-0.2, 0) is 9.47 Å². The molecular weight excluding hydrogens is 294 g/mol. The molecule has 0 radical (unpaired) electrons. The Labute approximate surface area is 135 Å². The highest BCUT2D eigenvalue weighted by atomic mass is 16.5. The maximum absolute atomic E-state index is 12.3. The van der Waals surface area contributed by atoms with Gasteiger partial charge in [-0.25, -0.2) is 4.79 Å². The van der Waals surface area contributed by atoms with Crippen LogP contribution in [0.2, 0.25) is 0 Å². The molecule has 1 saturated heterocycles. The summed E-state index contributed by atoms with van der Waals surface area (Å²) in [7, 11) is 0. The second-order valence-corrected chi connectivity index (χ2v) is 5.80. The molecule has 0 saturated carbocycles. The van der Waals surface area contributed by atoms with Crippen molar-refractivity contribution in [3.05, 3.63) is 30.0 Å². The molecule has 0 aliphatic carbocycles. The fourth-order valence-electron chi connectivity index (χ4n) is 3.06. The van der Waals surface area contributed by atoms with Gasteiger partial charge in [0, 0.05) is 18.5 Å². The second kappa shape index (κ2) is 6.50. The quantitative estimate of drug-likeness (QED) is 0.811. The molecule has 2 aromatic rings. The van der Waals surface area contributed by atoms with E-state index in [2.05, 4.69) is 15.1 Å². The zero-order chi connectivity index (χ0) is 16.4. The summed E-state index contributed by atoms with van der Waals surface area (Å²) in [6, 6.07) is 7.71. The third-order valence-corrected chi connectivity index (χ3v) is 3.85. The Morgan fingerprint density at radius 1 is 1.26 bits per heavy atom. The fourth-order valence-corrected chi connectivity index (χ4v) is 3.06. The Morgan fingerprint density at radius 3 is 2.65 bits per heavy atom. The Morgan fingerprint density at radius 2 is 1.96 bits per heavy atom. The maximum Gasteiger partial charge on any atom is 0.361 e. The molecule has 1 fully saturated rings. The Balaban J connectivity index is 2.14. The molecule has 0 N–H and O–H groups in total. The van der Waals surface area contributed by atoms with Crippen LogP contribution in [0.25, 0.3) is 10.9 Å². The predicted octanol–water partition coefficient (Wildman–Crippen LogP) is 2.42. The van der Waals surface area contributed by atoms with Crippen molar-refractivity contribution in [3.63, 3.8) is 0 Å². The number of benzene rings is 1. The van der Waals surface area contributed by atoms with Crippen molar-refractivity contribution in [2.45, 2.75) is 33.0 Å². The smallest absolute Gasteiger partial charge is 0.361 e. The van der Waals surface area contributed by atoms with Crippen LogP contribution in [0.5, 0.6) is 0 Å². The number of nitrogens with zero attached hydrogens (tertiary/aromatic N) is 3. The minimum absolute atomic E-state index is 0.0840. The molecule has 0 unspecified atom stereocenters. The molecule has 1 aromatic carbocycles. The molecule has 2 atom stereocenters. The van der Waals surface area contributed by atoms with Gasteiger partial charge >= 0.3 is 5.97 Å². The van der Waals surface area contributed by atoms with Gasteiger partial charge < -0.3 is 14.4 Å². The highest BCUT2D eigenvalue weighted by Crippen LogP contribution is 2.31. The number of anilines is 1. The lowest BCUT2D eigenvalue weighted by Crippen LogP contribution is -2.46. The summed E-state index contributed by atoms with van der Waals surface area (Å²) in [5.41, 5.74) is 1.82. The molecule has 1 aliphatic heterocycles. The lowest BCUT2D eigenvalue weighted by Gasteiger charge is -2.37. The average Bonchev–Trinajstić information content (AvgIpc) is 2.53. The number of fused-ring (bicyclic) bond motifs is 1. The van der Waals surface area contributed by atoms with Gasteiger partial charge in [0.1, 0.15) is 0 Å². The molecule has 2 heterocycles. The molecule has 6 nitrogen and oxygen atoms in total. The van der Waals surface area contributed by atoms with E-state index in [0.29, 0.717) is 19.7 Å². The van der Waals surface area contributed by atoms with Crippen molar-refractivity contribution in [1.82, 2.24) is 10.2 Å². The predicted molar refractivity (Wildman–Crippen MR) is 87.7 cm³/mol. The van der Waals surface area contributed by atoms with E-state index in [4.69, 9.17) is 9.47 Å². The van der Waals surface area contributed by atoms with Crippen LogP contribution in [0.1, 0.15) is 31.3 Å². The molecule has 1 aromatic heterocycles. The van der Waals surface area contributed by atoms with Gasteiger partial charge in [0.2, 0.25) is 0 Å². The molecule has 0 spiro atoms. The SMILES string of the molecule is CCOC(=O)c1nnc2ccccc2c1N1C[C@H](C)O[C@@H](C)C1. The van der Waals surface area contributed by atoms with E-state index in [-0.39, 0.29) is 17.9 Å². The van der Waals surface area contributed by atoms with Crippen molar-refractivity contribution >= 4 is 22.6 Å². The third kappa shape index (κ3) is 3.12. The molecular formula is C17H21N3O3. The Bertz CT molecular complexity index is 709. The number of ether oxygens (including phenoxy) is 2. The van der Waals surface area contributed by atoms with Crippen molar-refractivity contribution in [3.8, 4) is 0 Å². The first kappa shape index (κ1) is 15.7. The van der Waals surface area contributed by atoms with Crippen LogP contribution in [0.4, 0.5) is 5.69 Å². The van der Waals surface area contributed by atoms with Crippen LogP contribution >= 0.6 is 0 Å². The fraction of sp³-hybridized carbons (Fsp3) is 0.471. The van der Waals surface area contributed by atoms with Crippen molar-refractivity contribution < 1.29 is 14.3 Å². The van der Waals surface area contributed by atoms with Crippen molar-refractivity contribution in [1.29, 1.82) is 0 Å². The molecule has 6 heteroatoms. The van der Waals surface area contributed by atoms with Gasteiger partial charge in [-0.1, -0.05) is 18.2 Å². The summed E-state index contributed by atoms with van der Waals surface area (Å²) >= 11 is 0.